The lowest BCUT2D eigenvalue weighted by atomic mass is 10.1. The van der Waals surface area contributed by atoms with Crippen LogP contribution in [0, 0.1) is 0 Å². The van der Waals surface area contributed by atoms with Crippen molar-refractivity contribution in [2.24, 2.45) is 5.10 Å². The Balaban J connectivity index is 1.91. The fourth-order valence-corrected chi connectivity index (χ4v) is 1.94. The van der Waals surface area contributed by atoms with E-state index in [0.29, 0.717) is 5.11 Å². The quantitative estimate of drug-likeness (QED) is 0.500. The molecule has 0 saturated carbocycles. The van der Waals surface area contributed by atoms with E-state index in [1.165, 1.54) is 0 Å². The van der Waals surface area contributed by atoms with Gasteiger partial charge in [0.15, 0.2) is 5.11 Å². The van der Waals surface area contributed by atoms with E-state index in [4.69, 9.17) is 17.0 Å². The topological polar surface area (TPSA) is 36.9 Å². The molecule has 1 heterocycles. The fraction of sp³-hybridized carbons (Fsp3) is 0.385. The average Bonchev–Trinajstić information content (AvgIpc) is 2.46. The van der Waals surface area contributed by atoms with Gasteiger partial charge in [0.1, 0.15) is 0 Å². The van der Waals surface area contributed by atoms with Crippen molar-refractivity contribution in [2.75, 3.05) is 26.3 Å². The van der Waals surface area contributed by atoms with Crippen LogP contribution in [0.2, 0.25) is 0 Å². The summed E-state index contributed by atoms with van der Waals surface area (Å²) in [5, 5.41) is 4.97. The number of hydrogen-bond acceptors (Lipinski definition) is 3. The van der Waals surface area contributed by atoms with E-state index in [-0.39, 0.29) is 0 Å². The largest absolute Gasteiger partial charge is 0.378 e. The minimum atomic E-state index is 0.661. The van der Waals surface area contributed by atoms with Gasteiger partial charge in [0.25, 0.3) is 0 Å². The summed E-state index contributed by atoms with van der Waals surface area (Å²) >= 11 is 5.29. The van der Waals surface area contributed by atoms with Crippen molar-refractivity contribution in [3.05, 3.63) is 35.9 Å². The van der Waals surface area contributed by atoms with Gasteiger partial charge in [0.05, 0.1) is 18.9 Å². The van der Waals surface area contributed by atoms with Crippen LogP contribution >= 0.6 is 12.2 Å². The molecule has 0 aromatic heterocycles. The van der Waals surface area contributed by atoms with Crippen LogP contribution in [0.4, 0.5) is 0 Å². The van der Waals surface area contributed by atoms with Gasteiger partial charge in [-0.25, -0.2) is 0 Å². The first-order valence-corrected chi connectivity index (χ1v) is 6.40. The highest BCUT2D eigenvalue weighted by Gasteiger charge is 2.12. The number of hydrogen-bond donors (Lipinski definition) is 1. The van der Waals surface area contributed by atoms with Gasteiger partial charge in [-0.1, -0.05) is 30.3 Å². The van der Waals surface area contributed by atoms with Crippen molar-refractivity contribution in [2.45, 2.75) is 6.92 Å². The Hall–Kier alpha value is -1.46. The second-order valence-electron chi connectivity index (χ2n) is 4.08. The number of benzene rings is 1. The normalized spacial score (nSPS) is 16.5. The highest BCUT2D eigenvalue weighted by Crippen LogP contribution is 2.01. The Morgan fingerprint density at radius 2 is 1.94 bits per heavy atom. The fourth-order valence-electron chi connectivity index (χ4n) is 1.71. The van der Waals surface area contributed by atoms with Crippen LogP contribution in [0.5, 0.6) is 0 Å². The molecule has 0 bridgehead atoms. The molecule has 2 rings (SSSR count). The third-order valence-electron chi connectivity index (χ3n) is 2.81. The predicted molar refractivity (Wildman–Crippen MR) is 76.8 cm³/mol. The number of thiocarbonyl (C=S) groups is 1. The zero-order chi connectivity index (χ0) is 12.8. The molecular formula is C13H17N3OS. The first kappa shape index (κ1) is 13.0. The Morgan fingerprint density at radius 3 is 2.61 bits per heavy atom. The molecule has 0 unspecified atom stereocenters. The summed E-state index contributed by atoms with van der Waals surface area (Å²) in [5.74, 6) is 0. The zero-order valence-electron chi connectivity index (χ0n) is 10.4. The molecule has 18 heavy (non-hydrogen) atoms. The number of nitrogens with zero attached hydrogens (tertiary/aromatic N) is 2. The molecule has 0 amide bonds. The van der Waals surface area contributed by atoms with Crippen LogP contribution in [0.15, 0.2) is 35.4 Å². The molecule has 1 N–H and O–H groups in total. The summed E-state index contributed by atoms with van der Waals surface area (Å²) < 4.78 is 5.28. The molecule has 1 fully saturated rings. The van der Waals surface area contributed by atoms with Gasteiger partial charge in [0.2, 0.25) is 0 Å². The van der Waals surface area contributed by atoms with E-state index in [1.54, 1.807) is 0 Å². The number of morpholine rings is 1. The third kappa shape index (κ3) is 3.51. The maximum atomic E-state index is 5.29. The monoisotopic (exact) mass is 263 g/mol. The summed E-state index contributed by atoms with van der Waals surface area (Å²) in [4.78, 5) is 2.07. The summed E-state index contributed by atoms with van der Waals surface area (Å²) in [6, 6.07) is 10.0. The van der Waals surface area contributed by atoms with Crippen molar-refractivity contribution in [1.29, 1.82) is 0 Å². The third-order valence-corrected chi connectivity index (χ3v) is 3.16. The minimum absolute atomic E-state index is 0.661. The molecule has 0 aliphatic carbocycles. The predicted octanol–water partition coefficient (Wildman–Crippen LogP) is 1.62. The van der Waals surface area contributed by atoms with Gasteiger partial charge in [-0.05, 0) is 24.7 Å². The summed E-state index contributed by atoms with van der Waals surface area (Å²) in [5.41, 5.74) is 4.96. The summed E-state index contributed by atoms with van der Waals surface area (Å²) in [6.45, 7) is 5.06. The Labute approximate surface area is 113 Å². The molecule has 1 aliphatic rings. The molecule has 1 saturated heterocycles. The highest BCUT2D eigenvalue weighted by atomic mass is 32.1. The lowest BCUT2D eigenvalue weighted by molar-refractivity contribution is 0.0677. The van der Waals surface area contributed by atoms with E-state index < -0.39 is 0 Å². The van der Waals surface area contributed by atoms with E-state index in [2.05, 4.69) is 15.4 Å². The molecule has 1 aromatic rings. The van der Waals surface area contributed by atoms with Gasteiger partial charge in [-0.15, -0.1) is 0 Å². The second kappa shape index (κ2) is 6.47. The Bertz CT molecular complexity index is 427. The van der Waals surface area contributed by atoms with Gasteiger partial charge in [0, 0.05) is 13.1 Å². The van der Waals surface area contributed by atoms with Gasteiger partial charge >= 0.3 is 0 Å². The average molecular weight is 263 g/mol. The van der Waals surface area contributed by atoms with Crippen molar-refractivity contribution in [1.82, 2.24) is 10.3 Å². The van der Waals surface area contributed by atoms with Crippen molar-refractivity contribution in [3.63, 3.8) is 0 Å². The van der Waals surface area contributed by atoms with E-state index in [9.17, 15) is 0 Å². The number of hydrazone groups is 1. The SMILES string of the molecule is C/C(=N/NC(=S)N1CCOCC1)c1ccccc1. The first-order valence-electron chi connectivity index (χ1n) is 6.00. The van der Waals surface area contributed by atoms with Crippen molar-refractivity contribution in [3.8, 4) is 0 Å². The summed E-state index contributed by atoms with van der Waals surface area (Å²) in [7, 11) is 0. The molecule has 4 nitrogen and oxygen atoms in total. The van der Waals surface area contributed by atoms with Crippen LogP contribution in [0.3, 0.4) is 0 Å². The molecule has 5 heteroatoms. The maximum absolute atomic E-state index is 5.29. The molecule has 0 radical (unpaired) electrons. The van der Waals surface area contributed by atoms with Gasteiger partial charge in [-0.3, -0.25) is 5.43 Å². The first-order chi connectivity index (χ1) is 8.77. The van der Waals surface area contributed by atoms with Crippen LogP contribution in [-0.4, -0.2) is 42.0 Å². The van der Waals surface area contributed by atoms with Crippen LogP contribution in [0.25, 0.3) is 0 Å². The van der Waals surface area contributed by atoms with Crippen LogP contribution in [-0.2, 0) is 4.74 Å². The number of nitrogens with one attached hydrogen (secondary N) is 1. The van der Waals surface area contributed by atoms with E-state index in [0.717, 1.165) is 37.6 Å². The van der Waals surface area contributed by atoms with Crippen molar-refractivity contribution < 1.29 is 4.74 Å². The Kier molecular flexibility index (Phi) is 4.66. The lowest BCUT2D eigenvalue weighted by Crippen LogP contribution is -2.44. The molecule has 1 aliphatic heterocycles. The molecular weight excluding hydrogens is 246 g/mol. The molecule has 0 spiro atoms. The van der Waals surface area contributed by atoms with E-state index in [1.807, 2.05) is 37.3 Å². The van der Waals surface area contributed by atoms with Gasteiger partial charge in [-0.2, -0.15) is 5.10 Å². The maximum Gasteiger partial charge on any atom is 0.189 e. The second-order valence-corrected chi connectivity index (χ2v) is 4.47. The molecule has 96 valence electrons. The molecule has 0 atom stereocenters. The van der Waals surface area contributed by atoms with Gasteiger partial charge < -0.3 is 9.64 Å². The Morgan fingerprint density at radius 1 is 1.28 bits per heavy atom. The standard InChI is InChI=1S/C13H17N3OS/c1-11(12-5-3-2-4-6-12)14-15-13(18)16-7-9-17-10-8-16/h2-6H,7-10H2,1H3,(H,15,18)/b14-11-. The van der Waals surface area contributed by atoms with Crippen molar-refractivity contribution >= 4 is 23.0 Å². The lowest BCUT2D eigenvalue weighted by Gasteiger charge is -2.28. The minimum Gasteiger partial charge on any atom is -0.378 e. The number of ether oxygens (including phenoxy) is 1. The summed E-state index contributed by atoms with van der Waals surface area (Å²) in [6.07, 6.45) is 0. The van der Waals surface area contributed by atoms with Crippen LogP contribution < -0.4 is 5.43 Å². The zero-order valence-corrected chi connectivity index (χ0v) is 11.2. The molecule has 1 aromatic carbocycles. The van der Waals surface area contributed by atoms with E-state index >= 15 is 0 Å². The highest BCUT2D eigenvalue weighted by molar-refractivity contribution is 7.80. The number of rotatable bonds is 2. The smallest absolute Gasteiger partial charge is 0.189 e. The van der Waals surface area contributed by atoms with Crippen LogP contribution in [0.1, 0.15) is 12.5 Å².